The zero-order valence-electron chi connectivity index (χ0n) is 12.1. The summed E-state index contributed by atoms with van der Waals surface area (Å²) in [7, 11) is 3.95. The monoisotopic (exact) mass is 300 g/mol. The molecule has 21 heavy (non-hydrogen) atoms. The van der Waals surface area contributed by atoms with E-state index in [2.05, 4.69) is 11.4 Å². The van der Waals surface area contributed by atoms with Crippen LogP contribution in [0.25, 0.3) is 11.0 Å². The normalized spacial score (nSPS) is 10.8. The van der Waals surface area contributed by atoms with Crippen LogP contribution in [0.5, 0.6) is 0 Å². The Balaban J connectivity index is 1.74. The van der Waals surface area contributed by atoms with Gasteiger partial charge in [0.25, 0.3) is 0 Å². The van der Waals surface area contributed by atoms with Gasteiger partial charge in [0.15, 0.2) is 0 Å². The van der Waals surface area contributed by atoms with E-state index in [1.807, 2.05) is 61.5 Å². The van der Waals surface area contributed by atoms with Crippen molar-refractivity contribution < 1.29 is 4.42 Å². The molecular weight excluding hydrogens is 284 g/mol. The zero-order valence-corrected chi connectivity index (χ0v) is 12.8. The molecule has 0 amide bonds. The van der Waals surface area contributed by atoms with E-state index in [-0.39, 0.29) is 0 Å². The van der Waals surface area contributed by atoms with Crippen molar-refractivity contribution in [2.45, 2.75) is 6.54 Å². The van der Waals surface area contributed by atoms with Crippen LogP contribution in [-0.4, -0.2) is 14.1 Å². The number of hydrogen-bond donors (Lipinski definition) is 1. The van der Waals surface area contributed by atoms with Crippen molar-refractivity contribution in [1.29, 1.82) is 0 Å². The van der Waals surface area contributed by atoms with Crippen molar-refractivity contribution >= 4 is 33.9 Å². The molecule has 0 aliphatic carbocycles. The highest BCUT2D eigenvalue weighted by Crippen LogP contribution is 2.28. The molecule has 1 aromatic heterocycles. The van der Waals surface area contributed by atoms with Gasteiger partial charge in [-0.15, -0.1) is 0 Å². The van der Waals surface area contributed by atoms with Gasteiger partial charge in [-0.3, -0.25) is 0 Å². The molecule has 0 aliphatic heterocycles. The molecule has 0 radical (unpaired) electrons. The van der Waals surface area contributed by atoms with E-state index in [1.54, 1.807) is 0 Å². The van der Waals surface area contributed by atoms with Crippen molar-refractivity contribution in [3.05, 3.63) is 59.3 Å². The molecule has 0 saturated carbocycles. The highest BCUT2D eigenvalue weighted by Gasteiger charge is 2.05. The molecule has 0 aliphatic rings. The highest BCUT2D eigenvalue weighted by molar-refractivity contribution is 6.33. The molecule has 4 heteroatoms. The summed E-state index contributed by atoms with van der Waals surface area (Å²) in [5, 5.41) is 5.18. The predicted octanol–water partition coefficient (Wildman–Crippen LogP) is 4.76. The summed E-state index contributed by atoms with van der Waals surface area (Å²) in [5.41, 5.74) is 2.90. The molecule has 2 aromatic carbocycles. The molecule has 1 N–H and O–H groups in total. The largest absolute Gasteiger partial charge is 0.459 e. The second-order valence-corrected chi connectivity index (χ2v) is 5.57. The van der Waals surface area contributed by atoms with E-state index in [0.29, 0.717) is 6.54 Å². The molecule has 0 saturated heterocycles. The van der Waals surface area contributed by atoms with Crippen LogP contribution in [0.1, 0.15) is 5.76 Å². The van der Waals surface area contributed by atoms with Crippen LogP contribution in [0.4, 0.5) is 11.4 Å². The first-order valence-corrected chi connectivity index (χ1v) is 7.19. The number of furan rings is 1. The number of nitrogens with one attached hydrogen (secondary N) is 1. The van der Waals surface area contributed by atoms with Gasteiger partial charge in [0.2, 0.25) is 0 Å². The van der Waals surface area contributed by atoms with Crippen LogP contribution in [-0.2, 0) is 6.54 Å². The fraction of sp³-hybridized carbons (Fsp3) is 0.176. The minimum absolute atomic E-state index is 0.631. The Hall–Kier alpha value is -2.13. The molecule has 0 unspecified atom stereocenters. The first-order valence-electron chi connectivity index (χ1n) is 6.82. The number of nitrogens with zero attached hydrogens (tertiary/aromatic N) is 1. The van der Waals surface area contributed by atoms with Crippen LogP contribution in [0.2, 0.25) is 5.02 Å². The molecule has 3 rings (SSSR count). The SMILES string of the molecule is CN(C)c1ccc(NCc2cc3ccccc3o2)cc1Cl. The van der Waals surface area contributed by atoms with Crippen LogP contribution in [0.15, 0.2) is 52.9 Å². The molecule has 0 spiro atoms. The van der Waals surface area contributed by atoms with Crippen LogP contribution >= 0.6 is 11.6 Å². The van der Waals surface area contributed by atoms with E-state index < -0.39 is 0 Å². The first kappa shape index (κ1) is 13.8. The fourth-order valence-electron chi connectivity index (χ4n) is 2.29. The molecule has 0 atom stereocenters. The van der Waals surface area contributed by atoms with Gasteiger partial charge in [0.1, 0.15) is 11.3 Å². The molecule has 3 nitrogen and oxygen atoms in total. The third-order valence-electron chi connectivity index (χ3n) is 3.37. The second kappa shape index (κ2) is 5.70. The Kier molecular flexibility index (Phi) is 3.76. The maximum atomic E-state index is 6.27. The maximum Gasteiger partial charge on any atom is 0.134 e. The van der Waals surface area contributed by atoms with E-state index in [4.69, 9.17) is 16.0 Å². The van der Waals surface area contributed by atoms with E-state index in [1.165, 1.54) is 0 Å². The lowest BCUT2D eigenvalue weighted by molar-refractivity contribution is 0.559. The number of rotatable bonds is 4. The van der Waals surface area contributed by atoms with E-state index >= 15 is 0 Å². The minimum Gasteiger partial charge on any atom is -0.459 e. The quantitative estimate of drug-likeness (QED) is 0.752. The number of anilines is 2. The fourth-order valence-corrected chi connectivity index (χ4v) is 2.64. The van der Waals surface area contributed by atoms with Crippen LogP contribution in [0.3, 0.4) is 0 Å². The van der Waals surface area contributed by atoms with Crippen molar-refractivity contribution in [2.75, 3.05) is 24.3 Å². The number of hydrogen-bond acceptors (Lipinski definition) is 3. The van der Waals surface area contributed by atoms with E-state index in [0.717, 1.165) is 33.1 Å². The average molecular weight is 301 g/mol. The number of halogens is 1. The van der Waals surface area contributed by atoms with Gasteiger partial charge in [0.05, 0.1) is 17.3 Å². The lowest BCUT2D eigenvalue weighted by Crippen LogP contribution is -2.09. The Labute approximate surface area is 129 Å². The summed E-state index contributed by atoms with van der Waals surface area (Å²) in [4.78, 5) is 1.99. The third kappa shape index (κ3) is 2.98. The Morgan fingerprint density at radius 1 is 1.10 bits per heavy atom. The lowest BCUT2D eigenvalue weighted by Gasteiger charge is -2.15. The van der Waals surface area contributed by atoms with E-state index in [9.17, 15) is 0 Å². The molecule has 0 fully saturated rings. The van der Waals surface area contributed by atoms with Gasteiger partial charge >= 0.3 is 0 Å². The predicted molar refractivity (Wildman–Crippen MR) is 89.3 cm³/mol. The molecule has 0 bridgehead atoms. The van der Waals surface area contributed by atoms with Crippen molar-refractivity contribution in [3.63, 3.8) is 0 Å². The maximum absolute atomic E-state index is 6.27. The summed E-state index contributed by atoms with van der Waals surface area (Å²) < 4.78 is 5.78. The topological polar surface area (TPSA) is 28.4 Å². The number of benzene rings is 2. The third-order valence-corrected chi connectivity index (χ3v) is 3.68. The van der Waals surface area contributed by atoms with Gasteiger partial charge in [-0.2, -0.15) is 0 Å². The highest BCUT2D eigenvalue weighted by atomic mass is 35.5. The summed E-state index contributed by atoms with van der Waals surface area (Å²) in [6.07, 6.45) is 0. The van der Waals surface area contributed by atoms with Gasteiger partial charge in [-0.1, -0.05) is 29.8 Å². The summed E-state index contributed by atoms with van der Waals surface area (Å²) in [6.45, 7) is 0.631. The summed E-state index contributed by atoms with van der Waals surface area (Å²) in [6, 6.07) is 16.0. The Morgan fingerprint density at radius 2 is 1.90 bits per heavy atom. The number of fused-ring (bicyclic) bond motifs is 1. The van der Waals surface area contributed by atoms with Gasteiger partial charge in [-0.25, -0.2) is 0 Å². The summed E-state index contributed by atoms with van der Waals surface area (Å²) >= 11 is 6.27. The Morgan fingerprint density at radius 3 is 2.62 bits per heavy atom. The lowest BCUT2D eigenvalue weighted by atomic mass is 10.2. The van der Waals surface area contributed by atoms with Crippen molar-refractivity contribution in [2.24, 2.45) is 0 Å². The zero-order chi connectivity index (χ0) is 14.8. The van der Waals surface area contributed by atoms with Gasteiger partial charge in [-0.05, 0) is 30.3 Å². The average Bonchev–Trinajstić information content (AvgIpc) is 2.87. The molecule has 1 heterocycles. The molecule has 3 aromatic rings. The number of para-hydroxylation sites is 1. The Bertz CT molecular complexity index is 731. The molecular formula is C17H17ClN2O. The van der Waals surface area contributed by atoms with Crippen LogP contribution in [0, 0.1) is 0 Å². The second-order valence-electron chi connectivity index (χ2n) is 5.16. The standard InChI is InChI=1S/C17H17ClN2O/c1-20(2)16-8-7-13(10-15(16)18)19-11-14-9-12-5-3-4-6-17(12)21-14/h3-10,19H,11H2,1-2H3. The van der Waals surface area contributed by atoms with Crippen molar-refractivity contribution in [3.8, 4) is 0 Å². The molecule has 108 valence electrons. The smallest absolute Gasteiger partial charge is 0.134 e. The van der Waals surface area contributed by atoms with Crippen molar-refractivity contribution in [1.82, 2.24) is 0 Å². The minimum atomic E-state index is 0.631. The van der Waals surface area contributed by atoms with Crippen LogP contribution < -0.4 is 10.2 Å². The van der Waals surface area contributed by atoms with Gasteiger partial charge in [0, 0.05) is 25.2 Å². The summed E-state index contributed by atoms with van der Waals surface area (Å²) in [5.74, 6) is 0.906. The van der Waals surface area contributed by atoms with Gasteiger partial charge < -0.3 is 14.6 Å². The first-order chi connectivity index (χ1) is 10.1.